The van der Waals surface area contributed by atoms with Gasteiger partial charge in [-0.3, -0.25) is 19.3 Å². The number of carboxylic acid groups (broad SMARTS) is 1. The van der Waals surface area contributed by atoms with Gasteiger partial charge in [-0.25, -0.2) is 14.8 Å². The molecule has 2 heterocycles. The van der Waals surface area contributed by atoms with E-state index in [-0.39, 0.29) is 46.8 Å². The molecular formula is C29H50N4O6S. The van der Waals surface area contributed by atoms with Gasteiger partial charge in [0.1, 0.15) is 17.2 Å². The highest BCUT2D eigenvalue weighted by Gasteiger charge is 2.39. The van der Waals surface area contributed by atoms with Crippen LogP contribution in [0, 0.1) is 11.8 Å². The fourth-order valence-electron chi connectivity index (χ4n) is 5.00. The fraction of sp³-hybridized carbons (Fsp3) is 0.793. The molecular weight excluding hydrogens is 532 g/mol. The van der Waals surface area contributed by atoms with Gasteiger partial charge in [0.25, 0.3) is 5.91 Å². The van der Waals surface area contributed by atoms with Gasteiger partial charge in [-0.1, -0.05) is 66.7 Å². The van der Waals surface area contributed by atoms with Crippen molar-refractivity contribution >= 4 is 29.1 Å². The number of unbranched alkanes of at least 4 members (excludes halogenated alkanes) is 3. The number of hydrogen-bond acceptors (Lipinski definition) is 8. The Kier molecular flexibility index (Phi) is 14.5. The van der Waals surface area contributed by atoms with E-state index in [0.717, 1.165) is 62.8 Å². The smallest absolute Gasteiger partial charge is 0.355 e. The van der Waals surface area contributed by atoms with Gasteiger partial charge in [0.15, 0.2) is 5.69 Å². The van der Waals surface area contributed by atoms with E-state index in [4.69, 9.17) is 4.84 Å². The summed E-state index contributed by atoms with van der Waals surface area (Å²) in [6, 6.07) is -1.57. The number of carbonyl (C=O) groups excluding carboxylic acids is 2. The number of aliphatic hydroxyl groups is 1. The SMILES string of the molecule is CCCCCCON(C(=O)[C@@H](NC(=O)C1CCCCN1C)[C@@H](C)CC)[C@H](C[C@@H](O)c1nc(C(=O)O)cs1)C(C)C. The van der Waals surface area contributed by atoms with E-state index >= 15 is 0 Å². The highest BCUT2D eigenvalue weighted by atomic mass is 32.1. The second-order valence-electron chi connectivity index (χ2n) is 11.4. The monoisotopic (exact) mass is 582 g/mol. The quantitative estimate of drug-likeness (QED) is 0.179. The van der Waals surface area contributed by atoms with Crippen molar-refractivity contribution in [1.29, 1.82) is 0 Å². The third kappa shape index (κ3) is 9.78. The molecule has 1 aromatic heterocycles. The summed E-state index contributed by atoms with van der Waals surface area (Å²) in [4.78, 5) is 51.2. The molecule has 2 amide bonds. The maximum atomic E-state index is 14.2. The summed E-state index contributed by atoms with van der Waals surface area (Å²) in [5, 5.41) is 26.4. The molecule has 1 aromatic rings. The molecule has 10 nitrogen and oxygen atoms in total. The Labute approximate surface area is 243 Å². The van der Waals surface area contributed by atoms with Crippen LogP contribution in [0.3, 0.4) is 0 Å². The lowest BCUT2D eigenvalue weighted by molar-refractivity contribution is -0.212. The molecule has 1 fully saturated rings. The number of rotatable bonds is 17. The van der Waals surface area contributed by atoms with Crippen LogP contribution >= 0.6 is 11.3 Å². The minimum atomic E-state index is -1.15. The van der Waals surface area contributed by atoms with Gasteiger partial charge in [0.2, 0.25) is 5.91 Å². The molecule has 1 unspecified atom stereocenters. The molecule has 2 rings (SSSR count). The predicted octanol–water partition coefficient (Wildman–Crippen LogP) is 4.65. The predicted molar refractivity (Wildman–Crippen MR) is 156 cm³/mol. The zero-order valence-electron chi connectivity index (χ0n) is 25.1. The topological polar surface area (TPSA) is 132 Å². The summed E-state index contributed by atoms with van der Waals surface area (Å²) in [6.07, 6.45) is 6.44. The number of hydroxylamine groups is 2. The van der Waals surface area contributed by atoms with Crippen LogP contribution in [0.1, 0.15) is 114 Å². The lowest BCUT2D eigenvalue weighted by atomic mass is 9.93. The third-order valence-electron chi connectivity index (χ3n) is 7.86. The van der Waals surface area contributed by atoms with Gasteiger partial charge in [-0.05, 0) is 44.7 Å². The Hall–Kier alpha value is -2.08. The molecule has 1 aliphatic rings. The summed E-state index contributed by atoms with van der Waals surface area (Å²) in [6.45, 7) is 11.2. The second kappa shape index (κ2) is 17.0. The van der Waals surface area contributed by atoms with Crippen LogP contribution < -0.4 is 5.32 Å². The maximum absolute atomic E-state index is 14.2. The molecule has 0 bridgehead atoms. The first kappa shape index (κ1) is 34.1. The maximum Gasteiger partial charge on any atom is 0.355 e. The number of likely N-dealkylation sites (N-methyl/N-ethyl adjacent to an activating group) is 1. The van der Waals surface area contributed by atoms with Crippen molar-refractivity contribution in [2.75, 3.05) is 20.2 Å². The normalized spacial score (nSPS) is 19.1. The van der Waals surface area contributed by atoms with Crippen LogP contribution in [0.2, 0.25) is 0 Å². The zero-order valence-corrected chi connectivity index (χ0v) is 25.9. The van der Waals surface area contributed by atoms with E-state index < -0.39 is 24.2 Å². The molecule has 1 aliphatic heterocycles. The van der Waals surface area contributed by atoms with Crippen molar-refractivity contribution in [3.63, 3.8) is 0 Å². The van der Waals surface area contributed by atoms with E-state index in [2.05, 4.69) is 17.2 Å². The number of thiazole rings is 1. The van der Waals surface area contributed by atoms with Crippen LogP contribution in [0.4, 0.5) is 0 Å². The van der Waals surface area contributed by atoms with Gasteiger partial charge in [0, 0.05) is 11.8 Å². The molecule has 11 heteroatoms. The van der Waals surface area contributed by atoms with Crippen LogP contribution in [0.15, 0.2) is 5.38 Å². The molecule has 0 saturated carbocycles. The highest BCUT2D eigenvalue weighted by Crippen LogP contribution is 2.29. The van der Waals surface area contributed by atoms with Crippen LogP contribution in [0.5, 0.6) is 0 Å². The van der Waals surface area contributed by atoms with Crippen molar-refractivity contribution in [2.24, 2.45) is 11.8 Å². The van der Waals surface area contributed by atoms with Gasteiger partial charge >= 0.3 is 5.97 Å². The molecule has 228 valence electrons. The van der Waals surface area contributed by atoms with Crippen molar-refractivity contribution in [3.05, 3.63) is 16.1 Å². The summed E-state index contributed by atoms with van der Waals surface area (Å²) in [5.74, 6) is -1.85. The fourth-order valence-corrected chi connectivity index (χ4v) is 5.79. The Balaban J connectivity index is 2.32. The van der Waals surface area contributed by atoms with Crippen LogP contribution in [-0.4, -0.2) is 81.3 Å². The van der Waals surface area contributed by atoms with Crippen LogP contribution in [-0.2, 0) is 14.4 Å². The molecule has 3 N–H and O–H groups in total. The van der Waals surface area contributed by atoms with Crippen molar-refractivity contribution in [3.8, 4) is 0 Å². The van der Waals surface area contributed by atoms with Gasteiger partial charge in [0.05, 0.1) is 18.7 Å². The van der Waals surface area contributed by atoms with Gasteiger partial charge in [-0.2, -0.15) is 0 Å². The number of carbonyl (C=O) groups is 3. The minimum absolute atomic E-state index is 0.0917. The molecule has 0 radical (unpaired) electrons. The Morgan fingerprint density at radius 3 is 2.50 bits per heavy atom. The first-order chi connectivity index (χ1) is 19.0. The summed E-state index contributed by atoms with van der Waals surface area (Å²) < 4.78 is 0. The number of carboxylic acids is 1. The average molecular weight is 583 g/mol. The molecule has 0 aliphatic carbocycles. The largest absolute Gasteiger partial charge is 0.476 e. The second-order valence-corrected chi connectivity index (χ2v) is 12.3. The summed E-state index contributed by atoms with van der Waals surface area (Å²) in [5.41, 5.74) is -0.118. The number of aromatic nitrogens is 1. The number of likely N-dealkylation sites (tertiary alicyclic amines) is 1. The molecule has 5 atom stereocenters. The van der Waals surface area contributed by atoms with E-state index in [9.17, 15) is 24.6 Å². The third-order valence-corrected chi connectivity index (χ3v) is 8.80. The number of aliphatic hydroxyl groups excluding tert-OH is 1. The zero-order chi connectivity index (χ0) is 29.8. The molecule has 40 heavy (non-hydrogen) atoms. The number of amides is 2. The van der Waals surface area contributed by atoms with E-state index in [1.165, 1.54) is 10.4 Å². The minimum Gasteiger partial charge on any atom is -0.476 e. The number of hydrogen-bond donors (Lipinski definition) is 3. The number of nitrogens with zero attached hydrogens (tertiary/aromatic N) is 3. The summed E-state index contributed by atoms with van der Waals surface area (Å²) >= 11 is 1.08. The first-order valence-electron chi connectivity index (χ1n) is 14.8. The van der Waals surface area contributed by atoms with E-state index in [1.54, 1.807) is 0 Å². The standard InChI is InChI=1S/C29H50N4O6S/c1-7-9-10-13-16-39-33(23(19(3)4)17-24(34)27-30-21(18-40-27)29(37)38)28(36)25(20(5)8-2)31-26(35)22-14-11-12-15-32(22)6/h18-20,22-25,34H,7-17H2,1-6H3,(H,31,35)(H,37,38)/t20-,22?,23+,24+,25-/m0/s1. The number of aromatic carboxylic acids is 1. The number of piperidine rings is 1. The van der Waals surface area contributed by atoms with E-state index in [1.807, 2.05) is 39.6 Å². The molecule has 0 spiro atoms. The highest BCUT2D eigenvalue weighted by molar-refractivity contribution is 7.09. The lowest BCUT2D eigenvalue weighted by Gasteiger charge is -2.38. The Morgan fingerprint density at radius 1 is 1.20 bits per heavy atom. The van der Waals surface area contributed by atoms with Crippen molar-refractivity contribution < 1.29 is 29.4 Å². The Morgan fingerprint density at radius 2 is 1.93 bits per heavy atom. The van der Waals surface area contributed by atoms with E-state index in [0.29, 0.717) is 13.0 Å². The summed E-state index contributed by atoms with van der Waals surface area (Å²) in [7, 11) is 1.94. The Bertz CT molecular complexity index is 941. The molecule has 0 aromatic carbocycles. The van der Waals surface area contributed by atoms with Crippen molar-refractivity contribution in [2.45, 2.75) is 117 Å². The van der Waals surface area contributed by atoms with Gasteiger partial charge < -0.3 is 15.5 Å². The first-order valence-corrected chi connectivity index (χ1v) is 15.7. The van der Waals surface area contributed by atoms with Crippen LogP contribution in [0.25, 0.3) is 0 Å². The van der Waals surface area contributed by atoms with Crippen molar-refractivity contribution in [1.82, 2.24) is 20.3 Å². The van der Waals surface area contributed by atoms with Gasteiger partial charge in [-0.15, -0.1) is 11.3 Å². The average Bonchev–Trinajstić information content (AvgIpc) is 3.43. The molecule has 1 saturated heterocycles. The number of nitrogens with one attached hydrogen (secondary N) is 1. The lowest BCUT2D eigenvalue weighted by Crippen LogP contribution is -2.58.